The van der Waals surface area contributed by atoms with Gasteiger partial charge < -0.3 is 9.32 Å². The van der Waals surface area contributed by atoms with E-state index in [0.717, 1.165) is 30.2 Å². The molecule has 1 amide bonds. The number of hydrogen-bond acceptors (Lipinski definition) is 5. The molecule has 0 aliphatic carbocycles. The molecule has 1 aromatic heterocycles. The van der Waals surface area contributed by atoms with Crippen LogP contribution < -0.4 is 0 Å². The number of furan rings is 1. The number of hydrogen-bond donors (Lipinski definition) is 0. The van der Waals surface area contributed by atoms with Crippen molar-refractivity contribution >= 4 is 15.9 Å². The molecule has 2 aromatic rings. The van der Waals surface area contributed by atoms with Gasteiger partial charge >= 0.3 is 0 Å². The zero-order chi connectivity index (χ0) is 19.3. The molecule has 8 heteroatoms. The van der Waals surface area contributed by atoms with Crippen molar-refractivity contribution in [2.45, 2.75) is 13.1 Å². The Hall–Kier alpha value is -2.16. The second-order valence-electron chi connectivity index (χ2n) is 6.75. The van der Waals surface area contributed by atoms with Crippen LogP contribution in [0.5, 0.6) is 0 Å². The van der Waals surface area contributed by atoms with Gasteiger partial charge in [0.1, 0.15) is 5.76 Å². The van der Waals surface area contributed by atoms with Crippen LogP contribution in [0.3, 0.4) is 0 Å². The van der Waals surface area contributed by atoms with Crippen LogP contribution in [0.1, 0.15) is 11.3 Å². The summed E-state index contributed by atoms with van der Waals surface area (Å²) in [5, 5.41) is 0. The lowest BCUT2D eigenvalue weighted by Crippen LogP contribution is -2.51. The maximum absolute atomic E-state index is 12.6. The van der Waals surface area contributed by atoms with E-state index < -0.39 is 10.0 Å². The molecule has 1 aliphatic rings. The number of benzene rings is 1. The first-order valence-corrected chi connectivity index (χ1v) is 10.8. The summed E-state index contributed by atoms with van der Waals surface area (Å²) in [6.07, 6.45) is 2.60. The van der Waals surface area contributed by atoms with Crippen molar-refractivity contribution < 1.29 is 17.6 Å². The van der Waals surface area contributed by atoms with Gasteiger partial charge in [0.15, 0.2) is 0 Å². The van der Waals surface area contributed by atoms with Crippen molar-refractivity contribution in [3.05, 3.63) is 60.1 Å². The Morgan fingerprint density at radius 2 is 1.78 bits per heavy atom. The highest BCUT2D eigenvalue weighted by Crippen LogP contribution is 2.12. The van der Waals surface area contributed by atoms with Crippen LogP contribution in [-0.4, -0.2) is 67.4 Å². The minimum atomic E-state index is -3.51. The molecule has 3 rings (SSSR count). The molecule has 2 heterocycles. The van der Waals surface area contributed by atoms with Gasteiger partial charge in [0.05, 0.1) is 25.6 Å². The zero-order valence-electron chi connectivity index (χ0n) is 15.5. The number of nitrogens with zero attached hydrogens (tertiary/aromatic N) is 3. The Morgan fingerprint density at radius 1 is 1.07 bits per heavy atom. The smallest absolute Gasteiger partial charge is 0.238 e. The Bertz CT molecular complexity index is 829. The van der Waals surface area contributed by atoms with E-state index >= 15 is 0 Å². The molecule has 0 radical (unpaired) electrons. The van der Waals surface area contributed by atoms with Crippen molar-refractivity contribution in [1.82, 2.24) is 14.1 Å². The predicted octanol–water partition coefficient (Wildman–Crippen LogP) is 1.39. The third kappa shape index (κ3) is 5.66. The molecule has 1 aliphatic heterocycles. The fraction of sp³-hybridized carbons (Fsp3) is 0.421. The Kier molecular flexibility index (Phi) is 6.30. The first-order valence-electron chi connectivity index (χ1n) is 8.93. The van der Waals surface area contributed by atoms with Crippen LogP contribution in [0, 0.1) is 0 Å². The summed E-state index contributed by atoms with van der Waals surface area (Å²) in [5.74, 6) is 0.340. The van der Waals surface area contributed by atoms with Gasteiger partial charge in [-0.15, -0.1) is 0 Å². The van der Waals surface area contributed by atoms with E-state index in [9.17, 15) is 13.2 Å². The van der Waals surface area contributed by atoms with Gasteiger partial charge in [-0.05, 0) is 17.7 Å². The van der Waals surface area contributed by atoms with E-state index in [2.05, 4.69) is 17.0 Å². The second kappa shape index (κ2) is 8.69. The first-order chi connectivity index (χ1) is 12.9. The normalized spacial score (nSPS) is 16.0. The SMILES string of the molecule is CS(=O)(=O)N(CC(=O)N1CCN(Cc2ccccc2)CC1)Cc1ccco1. The van der Waals surface area contributed by atoms with Gasteiger partial charge in [-0.2, -0.15) is 4.31 Å². The molecule has 7 nitrogen and oxygen atoms in total. The molecule has 146 valence electrons. The predicted molar refractivity (Wildman–Crippen MR) is 102 cm³/mol. The van der Waals surface area contributed by atoms with Gasteiger partial charge in [-0.25, -0.2) is 8.42 Å². The third-order valence-electron chi connectivity index (χ3n) is 4.67. The van der Waals surface area contributed by atoms with Crippen molar-refractivity contribution in [2.75, 3.05) is 39.0 Å². The summed E-state index contributed by atoms with van der Waals surface area (Å²) in [6, 6.07) is 13.6. The van der Waals surface area contributed by atoms with E-state index in [1.165, 1.54) is 11.8 Å². The maximum Gasteiger partial charge on any atom is 0.238 e. The fourth-order valence-corrected chi connectivity index (χ4v) is 3.82. The monoisotopic (exact) mass is 391 g/mol. The molecular formula is C19H25N3O4S. The number of carbonyl (C=O) groups is 1. The highest BCUT2D eigenvalue weighted by atomic mass is 32.2. The molecular weight excluding hydrogens is 366 g/mol. The quantitative estimate of drug-likeness (QED) is 0.713. The lowest BCUT2D eigenvalue weighted by atomic mass is 10.2. The molecule has 1 saturated heterocycles. The number of carbonyl (C=O) groups excluding carboxylic acids is 1. The molecule has 0 unspecified atom stereocenters. The molecule has 1 fully saturated rings. The number of sulfonamides is 1. The van der Waals surface area contributed by atoms with Crippen molar-refractivity contribution in [3.8, 4) is 0 Å². The highest BCUT2D eigenvalue weighted by Gasteiger charge is 2.26. The second-order valence-corrected chi connectivity index (χ2v) is 8.74. The van der Waals surface area contributed by atoms with Gasteiger partial charge in [0.2, 0.25) is 15.9 Å². The number of piperazine rings is 1. The molecule has 27 heavy (non-hydrogen) atoms. The van der Waals surface area contributed by atoms with Gasteiger partial charge in [-0.1, -0.05) is 30.3 Å². The first kappa shape index (κ1) is 19.6. The summed E-state index contributed by atoms with van der Waals surface area (Å²) >= 11 is 0. The highest BCUT2D eigenvalue weighted by molar-refractivity contribution is 7.88. The lowest BCUT2D eigenvalue weighted by molar-refractivity contribution is -0.133. The minimum absolute atomic E-state index is 0.0611. The van der Waals surface area contributed by atoms with Crippen molar-refractivity contribution in [2.24, 2.45) is 0 Å². The summed E-state index contributed by atoms with van der Waals surface area (Å²) in [7, 11) is -3.51. The minimum Gasteiger partial charge on any atom is -0.468 e. The van der Waals surface area contributed by atoms with Gasteiger partial charge in [-0.3, -0.25) is 9.69 Å². The average Bonchev–Trinajstić information content (AvgIpc) is 3.15. The molecule has 0 spiro atoms. The lowest BCUT2D eigenvalue weighted by Gasteiger charge is -2.35. The molecule has 0 saturated carbocycles. The Labute approximate surface area is 160 Å². The summed E-state index contributed by atoms with van der Waals surface area (Å²) in [6.45, 7) is 3.50. The summed E-state index contributed by atoms with van der Waals surface area (Å²) in [5.41, 5.74) is 1.25. The van der Waals surface area contributed by atoms with E-state index in [4.69, 9.17) is 4.42 Å². The molecule has 0 N–H and O–H groups in total. The summed E-state index contributed by atoms with van der Waals surface area (Å²) in [4.78, 5) is 16.7. The van der Waals surface area contributed by atoms with Crippen LogP contribution in [0.2, 0.25) is 0 Å². The molecule has 1 aromatic carbocycles. The molecule has 0 atom stereocenters. The third-order valence-corrected chi connectivity index (χ3v) is 5.86. The van der Waals surface area contributed by atoms with E-state index in [0.29, 0.717) is 18.8 Å². The fourth-order valence-electron chi connectivity index (χ4n) is 3.11. The van der Waals surface area contributed by atoms with Gasteiger partial charge in [0.25, 0.3) is 0 Å². The maximum atomic E-state index is 12.6. The Morgan fingerprint density at radius 3 is 2.37 bits per heavy atom. The van der Waals surface area contributed by atoms with Crippen LogP contribution in [0.25, 0.3) is 0 Å². The largest absolute Gasteiger partial charge is 0.468 e. The van der Waals surface area contributed by atoms with E-state index in [1.54, 1.807) is 17.0 Å². The molecule has 0 bridgehead atoms. The average molecular weight is 391 g/mol. The number of amides is 1. The van der Waals surface area contributed by atoms with Crippen LogP contribution in [0.15, 0.2) is 53.1 Å². The van der Waals surface area contributed by atoms with Crippen LogP contribution >= 0.6 is 0 Å². The van der Waals surface area contributed by atoms with Crippen LogP contribution in [0.4, 0.5) is 0 Å². The van der Waals surface area contributed by atoms with Crippen LogP contribution in [-0.2, 0) is 27.9 Å². The van der Waals surface area contributed by atoms with Gasteiger partial charge in [0, 0.05) is 32.7 Å². The van der Waals surface area contributed by atoms with Crippen molar-refractivity contribution in [3.63, 3.8) is 0 Å². The summed E-state index contributed by atoms with van der Waals surface area (Å²) < 4.78 is 30.4. The van der Waals surface area contributed by atoms with E-state index in [1.807, 2.05) is 18.2 Å². The topological polar surface area (TPSA) is 74.1 Å². The number of rotatable bonds is 7. The van der Waals surface area contributed by atoms with E-state index in [-0.39, 0.29) is 19.0 Å². The standard InChI is InChI=1S/C19H25N3O4S/c1-27(24,25)22(15-18-8-5-13-26-18)16-19(23)21-11-9-20(10-12-21)14-17-6-3-2-4-7-17/h2-8,13H,9-12,14-16H2,1H3. The Balaban J connectivity index is 1.53. The van der Waals surface area contributed by atoms with Crippen molar-refractivity contribution in [1.29, 1.82) is 0 Å². The zero-order valence-corrected chi connectivity index (χ0v) is 16.3.